The fraction of sp³-hybridized carbons (Fsp3) is 1.00. The van der Waals surface area contributed by atoms with E-state index < -0.39 is 0 Å². The first-order valence-electron chi connectivity index (χ1n) is 8.37. The lowest BCUT2D eigenvalue weighted by molar-refractivity contribution is 0.0877. The van der Waals surface area contributed by atoms with Gasteiger partial charge in [0.2, 0.25) is 0 Å². The van der Waals surface area contributed by atoms with Crippen molar-refractivity contribution in [1.29, 1.82) is 0 Å². The molecule has 0 spiro atoms. The molecule has 0 amide bonds. The Morgan fingerprint density at radius 1 is 0.833 bits per heavy atom. The summed E-state index contributed by atoms with van der Waals surface area (Å²) in [5.74, 6) is 3.17. The second-order valence-electron chi connectivity index (χ2n) is 7.32. The molecule has 2 bridgehead atoms. The van der Waals surface area contributed by atoms with Crippen molar-refractivity contribution in [2.75, 3.05) is 19.6 Å². The van der Waals surface area contributed by atoms with Crippen LogP contribution in [0.15, 0.2) is 0 Å². The van der Waals surface area contributed by atoms with Gasteiger partial charge in [0, 0.05) is 12.1 Å². The zero-order valence-corrected chi connectivity index (χ0v) is 11.6. The van der Waals surface area contributed by atoms with Crippen LogP contribution in [0.1, 0.15) is 51.4 Å². The van der Waals surface area contributed by atoms with E-state index in [1.165, 1.54) is 51.7 Å². The lowest BCUT2D eigenvalue weighted by Crippen LogP contribution is -2.46. The Morgan fingerprint density at radius 3 is 2.33 bits per heavy atom. The van der Waals surface area contributed by atoms with E-state index in [9.17, 15) is 0 Å². The van der Waals surface area contributed by atoms with Gasteiger partial charge in [-0.25, -0.2) is 0 Å². The van der Waals surface area contributed by atoms with E-state index in [1.54, 1.807) is 19.3 Å². The highest BCUT2D eigenvalue weighted by atomic mass is 15.2. The third-order valence-electron chi connectivity index (χ3n) is 6.41. The third kappa shape index (κ3) is 2.02. The van der Waals surface area contributed by atoms with Crippen molar-refractivity contribution in [2.24, 2.45) is 17.8 Å². The smallest absolute Gasteiger partial charge is 0.0126 e. The molecule has 4 aliphatic rings. The standard InChI is InChI=1S/C16H28N2/c1-2-15(17-7-1)13-5-8-18(9-6-13)16-11-12-3-4-14(16)10-12/h12-17H,1-11H2. The van der Waals surface area contributed by atoms with Crippen LogP contribution in [0.5, 0.6) is 0 Å². The molecule has 2 heterocycles. The number of hydrogen-bond donors (Lipinski definition) is 1. The Hall–Kier alpha value is -0.0800. The number of piperidine rings is 1. The predicted molar refractivity (Wildman–Crippen MR) is 74.6 cm³/mol. The molecule has 2 aliphatic heterocycles. The van der Waals surface area contributed by atoms with Gasteiger partial charge < -0.3 is 10.2 Å². The molecule has 2 saturated carbocycles. The van der Waals surface area contributed by atoms with Gasteiger partial charge in [-0.05, 0) is 82.3 Å². The fourth-order valence-corrected chi connectivity index (χ4v) is 5.43. The molecule has 102 valence electrons. The van der Waals surface area contributed by atoms with Gasteiger partial charge in [0.1, 0.15) is 0 Å². The zero-order chi connectivity index (χ0) is 11.9. The molecule has 4 unspecified atom stereocenters. The summed E-state index contributed by atoms with van der Waals surface area (Å²) in [6.07, 6.45) is 12.0. The average Bonchev–Trinajstić information content (AvgIpc) is 3.16. The van der Waals surface area contributed by atoms with Gasteiger partial charge >= 0.3 is 0 Å². The second kappa shape index (κ2) is 4.79. The molecule has 0 aromatic rings. The molecule has 1 N–H and O–H groups in total. The molecular formula is C16H28N2. The van der Waals surface area contributed by atoms with E-state index in [0.717, 1.165) is 29.8 Å². The van der Waals surface area contributed by atoms with Crippen LogP contribution in [0.25, 0.3) is 0 Å². The number of nitrogens with zero attached hydrogens (tertiary/aromatic N) is 1. The van der Waals surface area contributed by atoms with Crippen LogP contribution in [0.3, 0.4) is 0 Å². The summed E-state index contributed by atoms with van der Waals surface area (Å²) in [4.78, 5) is 2.87. The van der Waals surface area contributed by atoms with Crippen LogP contribution in [0.4, 0.5) is 0 Å². The topological polar surface area (TPSA) is 15.3 Å². The minimum Gasteiger partial charge on any atom is -0.314 e. The first kappa shape index (κ1) is 11.7. The number of rotatable bonds is 2. The number of likely N-dealkylation sites (tertiary alicyclic amines) is 1. The first-order chi connectivity index (χ1) is 8.90. The lowest BCUT2D eigenvalue weighted by Gasteiger charge is -2.41. The Bertz CT molecular complexity index is 289. The first-order valence-corrected chi connectivity index (χ1v) is 8.37. The summed E-state index contributed by atoms with van der Waals surface area (Å²) in [5.41, 5.74) is 0. The van der Waals surface area contributed by atoms with Crippen LogP contribution >= 0.6 is 0 Å². The minimum atomic E-state index is 0.868. The van der Waals surface area contributed by atoms with Gasteiger partial charge in [0.25, 0.3) is 0 Å². The van der Waals surface area contributed by atoms with E-state index >= 15 is 0 Å². The molecule has 4 rings (SSSR count). The Morgan fingerprint density at radius 2 is 1.72 bits per heavy atom. The van der Waals surface area contributed by atoms with E-state index in [2.05, 4.69) is 10.2 Å². The van der Waals surface area contributed by atoms with Crippen molar-refractivity contribution in [2.45, 2.75) is 63.5 Å². The Balaban J connectivity index is 1.32. The van der Waals surface area contributed by atoms with Gasteiger partial charge in [-0.1, -0.05) is 6.42 Å². The largest absolute Gasteiger partial charge is 0.314 e. The quantitative estimate of drug-likeness (QED) is 0.808. The summed E-state index contributed by atoms with van der Waals surface area (Å²) in [5, 5.41) is 3.72. The molecule has 4 fully saturated rings. The highest BCUT2D eigenvalue weighted by molar-refractivity contribution is 4.97. The highest BCUT2D eigenvalue weighted by Gasteiger charge is 2.43. The maximum Gasteiger partial charge on any atom is 0.0126 e. The Kier molecular flexibility index (Phi) is 3.12. The summed E-state index contributed by atoms with van der Waals surface area (Å²) < 4.78 is 0. The van der Waals surface area contributed by atoms with Crippen molar-refractivity contribution >= 4 is 0 Å². The molecule has 0 aromatic carbocycles. The van der Waals surface area contributed by atoms with Crippen LogP contribution in [-0.2, 0) is 0 Å². The maximum atomic E-state index is 3.72. The number of nitrogens with one attached hydrogen (secondary N) is 1. The number of hydrogen-bond acceptors (Lipinski definition) is 2. The monoisotopic (exact) mass is 248 g/mol. The maximum absolute atomic E-state index is 3.72. The zero-order valence-electron chi connectivity index (χ0n) is 11.6. The molecule has 2 saturated heterocycles. The second-order valence-corrected chi connectivity index (χ2v) is 7.32. The van der Waals surface area contributed by atoms with Crippen LogP contribution in [-0.4, -0.2) is 36.6 Å². The molecule has 2 nitrogen and oxygen atoms in total. The van der Waals surface area contributed by atoms with Crippen molar-refractivity contribution in [3.8, 4) is 0 Å². The van der Waals surface area contributed by atoms with Crippen molar-refractivity contribution in [3.05, 3.63) is 0 Å². The van der Waals surface area contributed by atoms with Gasteiger partial charge in [-0.2, -0.15) is 0 Å². The van der Waals surface area contributed by atoms with Gasteiger partial charge in [-0.3, -0.25) is 0 Å². The minimum absolute atomic E-state index is 0.868. The SMILES string of the molecule is C1CNC(C2CCN(C3CC4CCC3C4)CC2)C1. The van der Waals surface area contributed by atoms with Gasteiger partial charge in [0.15, 0.2) is 0 Å². The average molecular weight is 248 g/mol. The molecule has 18 heavy (non-hydrogen) atoms. The van der Waals surface area contributed by atoms with Gasteiger partial charge in [0.05, 0.1) is 0 Å². The molecule has 2 aliphatic carbocycles. The molecule has 2 heteroatoms. The Labute approximate surface area is 111 Å². The van der Waals surface area contributed by atoms with E-state index in [4.69, 9.17) is 0 Å². The van der Waals surface area contributed by atoms with Crippen LogP contribution in [0.2, 0.25) is 0 Å². The molecular weight excluding hydrogens is 220 g/mol. The normalized spacial score (nSPS) is 46.0. The predicted octanol–water partition coefficient (Wildman–Crippen LogP) is 2.64. The van der Waals surface area contributed by atoms with Crippen molar-refractivity contribution < 1.29 is 0 Å². The summed E-state index contributed by atoms with van der Waals surface area (Å²) in [6, 6.07) is 1.86. The van der Waals surface area contributed by atoms with Crippen molar-refractivity contribution in [1.82, 2.24) is 10.2 Å². The summed E-state index contributed by atoms with van der Waals surface area (Å²) >= 11 is 0. The van der Waals surface area contributed by atoms with E-state index in [0.29, 0.717) is 0 Å². The van der Waals surface area contributed by atoms with E-state index in [-0.39, 0.29) is 0 Å². The fourth-order valence-electron chi connectivity index (χ4n) is 5.43. The molecule has 0 aromatic heterocycles. The summed E-state index contributed by atoms with van der Waals surface area (Å²) in [7, 11) is 0. The third-order valence-corrected chi connectivity index (χ3v) is 6.41. The van der Waals surface area contributed by atoms with Crippen molar-refractivity contribution in [3.63, 3.8) is 0 Å². The van der Waals surface area contributed by atoms with Gasteiger partial charge in [-0.15, -0.1) is 0 Å². The lowest BCUT2D eigenvalue weighted by atomic mass is 9.86. The molecule has 4 atom stereocenters. The van der Waals surface area contributed by atoms with E-state index in [1.807, 2.05) is 0 Å². The number of fused-ring (bicyclic) bond motifs is 2. The van der Waals surface area contributed by atoms with Crippen LogP contribution in [0, 0.1) is 17.8 Å². The highest BCUT2D eigenvalue weighted by Crippen LogP contribution is 2.47. The summed E-state index contributed by atoms with van der Waals surface area (Å²) in [6.45, 7) is 4.07. The van der Waals surface area contributed by atoms with Crippen LogP contribution < -0.4 is 5.32 Å². The molecule has 0 radical (unpaired) electrons.